The van der Waals surface area contributed by atoms with Crippen LogP contribution in [-0.4, -0.2) is 25.2 Å². The average Bonchev–Trinajstić information content (AvgIpc) is 2.37. The van der Waals surface area contributed by atoms with Crippen molar-refractivity contribution in [1.82, 2.24) is 5.32 Å². The summed E-state index contributed by atoms with van der Waals surface area (Å²) in [7, 11) is 0. The van der Waals surface area contributed by atoms with Gasteiger partial charge in [-0.3, -0.25) is 4.79 Å². The molecule has 0 bridgehead atoms. The molecule has 0 aromatic heterocycles. The van der Waals surface area contributed by atoms with Crippen molar-refractivity contribution in [2.45, 2.75) is 47.1 Å². The quantitative estimate of drug-likeness (QED) is 0.796. The first-order chi connectivity index (χ1) is 9.92. The first kappa shape index (κ1) is 17.3. The number of benzene rings is 1. The molecule has 1 aromatic rings. The summed E-state index contributed by atoms with van der Waals surface area (Å²) in [5, 5.41) is 2.93. The molecule has 4 heteroatoms. The molecule has 0 atom stereocenters. The molecule has 118 valence electrons. The second kappa shape index (κ2) is 8.55. The van der Waals surface area contributed by atoms with Gasteiger partial charge < -0.3 is 14.8 Å². The van der Waals surface area contributed by atoms with Crippen molar-refractivity contribution >= 4 is 5.91 Å². The van der Waals surface area contributed by atoms with Gasteiger partial charge in [0.05, 0.1) is 12.7 Å². The van der Waals surface area contributed by atoms with Gasteiger partial charge in [-0.15, -0.1) is 0 Å². The van der Waals surface area contributed by atoms with Gasteiger partial charge in [-0.05, 0) is 45.2 Å². The lowest BCUT2D eigenvalue weighted by molar-refractivity contribution is 0.0950. The number of carbonyl (C=O) groups excluding carboxylic acids is 1. The molecule has 0 aliphatic carbocycles. The predicted octanol–water partition coefficient (Wildman–Crippen LogP) is 3.65. The topological polar surface area (TPSA) is 47.6 Å². The Morgan fingerprint density at radius 3 is 2.38 bits per heavy atom. The molecule has 0 aliphatic rings. The zero-order chi connectivity index (χ0) is 15.8. The molecule has 1 N–H and O–H groups in total. The van der Waals surface area contributed by atoms with Crippen LogP contribution < -0.4 is 14.8 Å². The SMILES string of the molecule is CCOc1cc(OC(C)C)cc(C(=O)NCCC(C)C)c1. The van der Waals surface area contributed by atoms with E-state index in [1.165, 1.54) is 0 Å². The summed E-state index contributed by atoms with van der Waals surface area (Å²) in [5.41, 5.74) is 0.570. The Kier molecular flexibility index (Phi) is 7.06. The summed E-state index contributed by atoms with van der Waals surface area (Å²) in [5.74, 6) is 1.79. The van der Waals surface area contributed by atoms with Crippen LogP contribution in [0.1, 0.15) is 51.4 Å². The lowest BCUT2D eigenvalue weighted by Crippen LogP contribution is -2.25. The molecule has 0 heterocycles. The van der Waals surface area contributed by atoms with Crippen molar-refractivity contribution in [2.75, 3.05) is 13.2 Å². The molecule has 21 heavy (non-hydrogen) atoms. The number of hydrogen-bond donors (Lipinski definition) is 1. The Morgan fingerprint density at radius 1 is 1.14 bits per heavy atom. The van der Waals surface area contributed by atoms with Crippen molar-refractivity contribution in [1.29, 1.82) is 0 Å². The highest BCUT2D eigenvalue weighted by molar-refractivity contribution is 5.95. The molecule has 1 rings (SSSR count). The lowest BCUT2D eigenvalue weighted by atomic mass is 10.1. The summed E-state index contributed by atoms with van der Waals surface area (Å²) in [6.45, 7) is 11.3. The highest BCUT2D eigenvalue weighted by atomic mass is 16.5. The third kappa shape index (κ3) is 6.52. The Balaban J connectivity index is 2.83. The third-order valence-electron chi connectivity index (χ3n) is 2.83. The number of ether oxygens (including phenoxy) is 2. The first-order valence-corrected chi connectivity index (χ1v) is 7.65. The van der Waals surface area contributed by atoms with Gasteiger partial charge in [-0.2, -0.15) is 0 Å². The van der Waals surface area contributed by atoms with Gasteiger partial charge in [0, 0.05) is 18.2 Å². The highest BCUT2D eigenvalue weighted by Crippen LogP contribution is 2.24. The average molecular weight is 293 g/mol. The van der Waals surface area contributed by atoms with Crippen molar-refractivity contribution < 1.29 is 14.3 Å². The molecule has 0 aliphatic heterocycles. The zero-order valence-corrected chi connectivity index (χ0v) is 13.7. The fourth-order valence-corrected chi connectivity index (χ4v) is 1.87. The fourth-order valence-electron chi connectivity index (χ4n) is 1.87. The van der Waals surface area contributed by atoms with Crippen LogP contribution in [0.2, 0.25) is 0 Å². The monoisotopic (exact) mass is 293 g/mol. The molecule has 0 spiro atoms. The van der Waals surface area contributed by atoms with Crippen molar-refractivity contribution in [3.05, 3.63) is 23.8 Å². The molecule has 4 nitrogen and oxygen atoms in total. The molecular weight excluding hydrogens is 266 g/mol. The van der Waals surface area contributed by atoms with E-state index in [1.54, 1.807) is 12.1 Å². The molecule has 0 radical (unpaired) electrons. The maximum absolute atomic E-state index is 12.2. The van der Waals surface area contributed by atoms with E-state index in [2.05, 4.69) is 19.2 Å². The van der Waals surface area contributed by atoms with E-state index in [9.17, 15) is 4.79 Å². The summed E-state index contributed by atoms with van der Waals surface area (Å²) in [4.78, 5) is 12.2. The normalized spacial score (nSPS) is 10.8. The van der Waals surface area contributed by atoms with Crippen LogP contribution in [-0.2, 0) is 0 Å². The minimum Gasteiger partial charge on any atom is -0.494 e. The van der Waals surface area contributed by atoms with Crippen LogP contribution in [0.15, 0.2) is 18.2 Å². The van der Waals surface area contributed by atoms with Gasteiger partial charge in [0.2, 0.25) is 0 Å². The fraction of sp³-hybridized carbons (Fsp3) is 0.588. The highest BCUT2D eigenvalue weighted by Gasteiger charge is 2.11. The molecule has 0 unspecified atom stereocenters. The van der Waals surface area contributed by atoms with E-state index < -0.39 is 0 Å². The van der Waals surface area contributed by atoms with Gasteiger partial charge in [-0.1, -0.05) is 13.8 Å². The van der Waals surface area contributed by atoms with Crippen molar-refractivity contribution in [3.8, 4) is 11.5 Å². The maximum atomic E-state index is 12.2. The lowest BCUT2D eigenvalue weighted by Gasteiger charge is -2.14. The minimum atomic E-state index is -0.0918. The Labute approximate surface area is 127 Å². The zero-order valence-electron chi connectivity index (χ0n) is 13.7. The van der Waals surface area contributed by atoms with Gasteiger partial charge in [0.15, 0.2) is 0 Å². The molecule has 0 saturated heterocycles. The van der Waals surface area contributed by atoms with Gasteiger partial charge in [-0.25, -0.2) is 0 Å². The summed E-state index contributed by atoms with van der Waals surface area (Å²) in [6, 6.07) is 5.32. The van der Waals surface area contributed by atoms with Crippen LogP contribution in [0.4, 0.5) is 0 Å². The second-order valence-corrected chi connectivity index (χ2v) is 5.73. The Morgan fingerprint density at radius 2 is 1.81 bits per heavy atom. The van der Waals surface area contributed by atoms with Gasteiger partial charge >= 0.3 is 0 Å². The van der Waals surface area contributed by atoms with Crippen LogP contribution >= 0.6 is 0 Å². The summed E-state index contributed by atoms with van der Waals surface area (Å²) >= 11 is 0. The summed E-state index contributed by atoms with van der Waals surface area (Å²) < 4.78 is 11.2. The predicted molar refractivity (Wildman–Crippen MR) is 85.2 cm³/mol. The Hall–Kier alpha value is -1.71. The van der Waals surface area contributed by atoms with Crippen LogP contribution in [0.5, 0.6) is 11.5 Å². The van der Waals surface area contributed by atoms with E-state index in [4.69, 9.17) is 9.47 Å². The van der Waals surface area contributed by atoms with Crippen LogP contribution in [0.3, 0.4) is 0 Å². The number of hydrogen-bond acceptors (Lipinski definition) is 3. The second-order valence-electron chi connectivity index (χ2n) is 5.73. The molecule has 1 aromatic carbocycles. The number of carbonyl (C=O) groups is 1. The van der Waals surface area contributed by atoms with E-state index in [-0.39, 0.29) is 12.0 Å². The van der Waals surface area contributed by atoms with E-state index in [0.717, 1.165) is 6.42 Å². The number of rotatable bonds is 8. The largest absolute Gasteiger partial charge is 0.494 e. The summed E-state index contributed by atoms with van der Waals surface area (Å²) in [6.07, 6.45) is 1.02. The third-order valence-corrected chi connectivity index (χ3v) is 2.83. The smallest absolute Gasteiger partial charge is 0.251 e. The molecule has 1 amide bonds. The molecule has 0 fully saturated rings. The number of amides is 1. The van der Waals surface area contributed by atoms with Crippen LogP contribution in [0.25, 0.3) is 0 Å². The van der Waals surface area contributed by atoms with Gasteiger partial charge in [0.25, 0.3) is 5.91 Å². The van der Waals surface area contributed by atoms with E-state index in [0.29, 0.717) is 36.1 Å². The van der Waals surface area contributed by atoms with E-state index in [1.807, 2.05) is 26.8 Å². The van der Waals surface area contributed by atoms with Crippen LogP contribution in [0, 0.1) is 5.92 Å². The number of nitrogens with one attached hydrogen (secondary N) is 1. The van der Waals surface area contributed by atoms with Crippen molar-refractivity contribution in [2.24, 2.45) is 5.92 Å². The van der Waals surface area contributed by atoms with E-state index >= 15 is 0 Å². The van der Waals surface area contributed by atoms with Crippen molar-refractivity contribution in [3.63, 3.8) is 0 Å². The standard InChI is InChI=1S/C17H27NO3/c1-6-20-15-9-14(10-16(11-15)21-13(4)5)17(19)18-8-7-12(2)3/h9-13H,6-8H2,1-5H3,(H,18,19). The Bertz CT molecular complexity index is 455. The molecule has 0 saturated carbocycles. The van der Waals surface area contributed by atoms with Gasteiger partial charge in [0.1, 0.15) is 11.5 Å². The molecular formula is C17H27NO3. The first-order valence-electron chi connectivity index (χ1n) is 7.65. The minimum absolute atomic E-state index is 0.0544. The maximum Gasteiger partial charge on any atom is 0.251 e.